The van der Waals surface area contributed by atoms with E-state index in [1.807, 2.05) is 0 Å². The van der Waals surface area contributed by atoms with E-state index in [1.165, 1.54) is 4.31 Å². The average Bonchev–Trinajstić information content (AvgIpc) is 3.12. The van der Waals surface area contributed by atoms with Crippen molar-refractivity contribution in [1.82, 2.24) is 14.5 Å². The Balaban J connectivity index is 1.71. The molecule has 1 aromatic heterocycles. The maximum absolute atomic E-state index is 12.4. The van der Waals surface area contributed by atoms with Crippen LogP contribution in [0.4, 0.5) is 0 Å². The fraction of sp³-hybridized carbons (Fsp3) is 0.714. The van der Waals surface area contributed by atoms with Crippen molar-refractivity contribution in [2.45, 2.75) is 37.4 Å². The average molecular weight is 313 g/mol. The minimum atomic E-state index is -3.44. The first kappa shape index (κ1) is 15.0. The highest BCUT2D eigenvalue weighted by atomic mass is 32.2. The summed E-state index contributed by atoms with van der Waals surface area (Å²) < 4.78 is 32.0. The molecule has 1 aromatic rings. The molecule has 3 heterocycles. The second-order valence-corrected chi connectivity index (χ2v) is 7.72. The van der Waals surface area contributed by atoms with Crippen LogP contribution in [-0.2, 0) is 16.6 Å². The third kappa shape index (κ3) is 3.15. The van der Waals surface area contributed by atoms with Gasteiger partial charge in [0.2, 0.25) is 5.09 Å². The summed E-state index contributed by atoms with van der Waals surface area (Å²) in [6.07, 6.45) is 1.87. The van der Waals surface area contributed by atoms with Gasteiger partial charge in [0.05, 0.1) is 6.54 Å². The molecule has 0 aromatic carbocycles. The zero-order chi connectivity index (χ0) is 14.9. The van der Waals surface area contributed by atoms with E-state index < -0.39 is 10.0 Å². The van der Waals surface area contributed by atoms with Crippen LogP contribution in [0, 0.1) is 0 Å². The molecule has 6 nitrogen and oxygen atoms in total. The Morgan fingerprint density at radius 2 is 2.05 bits per heavy atom. The van der Waals surface area contributed by atoms with Crippen LogP contribution >= 0.6 is 0 Å². The quantitative estimate of drug-likeness (QED) is 0.893. The van der Waals surface area contributed by atoms with Crippen LogP contribution in [0.3, 0.4) is 0 Å². The van der Waals surface area contributed by atoms with Crippen LogP contribution in [0.5, 0.6) is 0 Å². The third-order valence-corrected chi connectivity index (χ3v) is 6.07. The Labute approximate surface area is 126 Å². The maximum atomic E-state index is 12.4. The number of furan rings is 1. The summed E-state index contributed by atoms with van der Waals surface area (Å²) in [7, 11) is -3.44. The molecule has 0 unspecified atom stereocenters. The highest BCUT2D eigenvalue weighted by molar-refractivity contribution is 7.89. The van der Waals surface area contributed by atoms with Gasteiger partial charge in [-0.1, -0.05) is 0 Å². The van der Waals surface area contributed by atoms with Crippen molar-refractivity contribution in [1.29, 1.82) is 0 Å². The number of nitrogens with zero attached hydrogens (tertiary/aromatic N) is 2. The first-order valence-corrected chi connectivity index (χ1v) is 9.05. The van der Waals surface area contributed by atoms with Crippen LogP contribution in [0.15, 0.2) is 21.6 Å². The standard InChI is InChI=1S/C14H23N3O3S/c1-12-10-15-6-9-16(12)11-13-4-5-14(20-13)21(18,19)17-7-2-3-8-17/h4-5,12,15H,2-3,6-11H2,1H3/t12-/m0/s1. The van der Waals surface area contributed by atoms with Crippen LogP contribution in [0.2, 0.25) is 0 Å². The van der Waals surface area contributed by atoms with Gasteiger partial charge in [-0.3, -0.25) is 4.90 Å². The zero-order valence-electron chi connectivity index (χ0n) is 12.4. The molecule has 2 aliphatic heterocycles. The van der Waals surface area contributed by atoms with E-state index in [2.05, 4.69) is 17.1 Å². The number of rotatable bonds is 4. The summed E-state index contributed by atoms with van der Waals surface area (Å²) in [5.74, 6) is 0.724. The van der Waals surface area contributed by atoms with Crippen LogP contribution in [0.1, 0.15) is 25.5 Å². The predicted octanol–water partition coefficient (Wildman–Crippen LogP) is 0.858. The molecule has 1 atom stereocenters. The van der Waals surface area contributed by atoms with Gasteiger partial charge in [0.15, 0.2) is 0 Å². The van der Waals surface area contributed by atoms with Crippen molar-refractivity contribution < 1.29 is 12.8 Å². The van der Waals surface area contributed by atoms with Crippen molar-refractivity contribution >= 4 is 10.0 Å². The molecule has 2 saturated heterocycles. The predicted molar refractivity (Wildman–Crippen MR) is 79.4 cm³/mol. The first-order chi connectivity index (χ1) is 10.1. The van der Waals surface area contributed by atoms with Gasteiger partial charge in [0.25, 0.3) is 10.0 Å². The van der Waals surface area contributed by atoms with E-state index in [9.17, 15) is 8.42 Å². The zero-order valence-corrected chi connectivity index (χ0v) is 13.2. The molecule has 2 fully saturated rings. The lowest BCUT2D eigenvalue weighted by atomic mass is 10.2. The van der Waals surface area contributed by atoms with Crippen LogP contribution in [-0.4, -0.2) is 56.4 Å². The van der Waals surface area contributed by atoms with E-state index >= 15 is 0 Å². The van der Waals surface area contributed by atoms with E-state index in [1.54, 1.807) is 12.1 Å². The number of piperazine rings is 1. The Kier molecular flexibility index (Phi) is 4.35. The Hall–Kier alpha value is -0.890. The molecule has 3 rings (SSSR count). The number of hydrogen-bond donors (Lipinski definition) is 1. The molecule has 0 spiro atoms. The lowest BCUT2D eigenvalue weighted by molar-refractivity contribution is 0.151. The van der Waals surface area contributed by atoms with E-state index in [0.29, 0.717) is 25.7 Å². The maximum Gasteiger partial charge on any atom is 0.276 e. The molecule has 0 bridgehead atoms. The highest BCUT2D eigenvalue weighted by Gasteiger charge is 2.30. The smallest absolute Gasteiger partial charge is 0.276 e. The summed E-state index contributed by atoms with van der Waals surface area (Å²) in [5.41, 5.74) is 0. The Bertz CT molecular complexity index is 578. The van der Waals surface area contributed by atoms with Crippen molar-refractivity contribution in [2.75, 3.05) is 32.7 Å². The van der Waals surface area contributed by atoms with Gasteiger partial charge in [-0.15, -0.1) is 0 Å². The van der Waals surface area contributed by atoms with Gasteiger partial charge in [-0.05, 0) is 31.9 Å². The van der Waals surface area contributed by atoms with E-state index in [4.69, 9.17) is 4.42 Å². The monoisotopic (exact) mass is 313 g/mol. The normalized spacial score (nSPS) is 25.5. The molecule has 0 amide bonds. The molecule has 0 saturated carbocycles. The fourth-order valence-electron chi connectivity index (χ4n) is 2.96. The molecule has 1 N–H and O–H groups in total. The van der Waals surface area contributed by atoms with Gasteiger partial charge in [0.1, 0.15) is 5.76 Å². The molecule has 21 heavy (non-hydrogen) atoms. The van der Waals surface area contributed by atoms with Crippen molar-refractivity contribution in [3.8, 4) is 0 Å². The van der Waals surface area contributed by atoms with Crippen LogP contribution < -0.4 is 5.32 Å². The minimum Gasteiger partial charge on any atom is -0.447 e. The Morgan fingerprint density at radius 1 is 1.29 bits per heavy atom. The lowest BCUT2D eigenvalue weighted by Gasteiger charge is -2.33. The van der Waals surface area contributed by atoms with Gasteiger partial charge in [0, 0.05) is 38.8 Å². The lowest BCUT2D eigenvalue weighted by Crippen LogP contribution is -2.49. The first-order valence-electron chi connectivity index (χ1n) is 7.61. The van der Waals surface area contributed by atoms with Crippen molar-refractivity contribution in [2.24, 2.45) is 0 Å². The highest BCUT2D eigenvalue weighted by Crippen LogP contribution is 2.23. The molecule has 118 valence electrons. The topological polar surface area (TPSA) is 65.8 Å². The van der Waals surface area contributed by atoms with E-state index in [-0.39, 0.29) is 5.09 Å². The summed E-state index contributed by atoms with van der Waals surface area (Å²) in [4.78, 5) is 2.31. The van der Waals surface area contributed by atoms with Gasteiger partial charge in [-0.25, -0.2) is 8.42 Å². The number of sulfonamides is 1. The molecule has 0 radical (unpaired) electrons. The van der Waals surface area contributed by atoms with Gasteiger partial charge < -0.3 is 9.73 Å². The largest absolute Gasteiger partial charge is 0.447 e. The number of hydrogen-bond acceptors (Lipinski definition) is 5. The number of nitrogens with one attached hydrogen (secondary N) is 1. The second kappa shape index (κ2) is 6.08. The van der Waals surface area contributed by atoms with Crippen molar-refractivity contribution in [3.63, 3.8) is 0 Å². The van der Waals surface area contributed by atoms with Gasteiger partial charge in [-0.2, -0.15) is 4.31 Å². The minimum absolute atomic E-state index is 0.0854. The molecule has 0 aliphatic carbocycles. The molecule has 2 aliphatic rings. The molecular weight excluding hydrogens is 290 g/mol. The summed E-state index contributed by atoms with van der Waals surface area (Å²) >= 11 is 0. The molecule has 7 heteroatoms. The second-order valence-electron chi connectivity index (χ2n) is 5.86. The van der Waals surface area contributed by atoms with E-state index in [0.717, 1.165) is 38.2 Å². The van der Waals surface area contributed by atoms with Crippen LogP contribution in [0.25, 0.3) is 0 Å². The summed E-state index contributed by atoms with van der Waals surface area (Å²) in [6.45, 7) is 6.91. The molecular formula is C14H23N3O3S. The summed E-state index contributed by atoms with van der Waals surface area (Å²) in [6, 6.07) is 3.82. The fourth-order valence-corrected chi connectivity index (χ4v) is 4.40. The van der Waals surface area contributed by atoms with Gasteiger partial charge >= 0.3 is 0 Å². The summed E-state index contributed by atoms with van der Waals surface area (Å²) in [5, 5.41) is 3.43. The van der Waals surface area contributed by atoms with Crippen molar-refractivity contribution in [3.05, 3.63) is 17.9 Å². The Morgan fingerprint density at radius 3 is 2.76 bits per heavy atom. The third-order valence-electron chi connectivity index (χ3n) is 4.29. The SMILES string of the molecule is C[C@H]1CNCCN1Cc1ccc(S(=O)(=O)N2CCCC2)o1.